The van der Waals surface area contributed by atoms with E-state index < -0.39 is 5.54 Å². The minimum atomic E-state index is -0.723. The third-order valence-electron chi connectivity index (χ3n) is 4.86. The van der Waals surface area contributed by atoms with Gasteiger partial charge in [0.1, 0.15) is 11.4 Å². The highest BCUT2D eigenvalue weighted by atomic mass is 32.1. The smallest absolute Gasteiger partial charge is 0.263 e. The fourth-order valence-electron chi connectivity index (χ4n) is 3.36. The summed E-state index contributed by atoms with van der Waals surface area (Å²) in [6.07, 6.45) is 2.82. The lowest BCUT2D eigenvalue weighted by molar-refractivity contribution is -0.135. The Morgan fingerprint density at radius 3 is 2.42 bits per heavy atom. The van der Waals surface area contributed by atoms with E-state index in [4.69, 9.17) is 0 Å². The second kappa shape index (κ2) is 7.11. The molecular weight excluding hydrogens is 350 g/mol. The van der Waals surface area contributed by atoms with Crippen molar-refractivity contribution in [2.75, 3.05) is 32.5 Å². The van der Waals surface area contributed by atoms with Crippen molar-refractivity contribution in [3.63, 3.8) is 0 Å². The SMILES string of the molecule is Cc1ccc(C(=O)N2CCC(Nc3ccnn3C)(C(=O)N(C)C)CC2)s1. The molecule has 0 bridgehead atoms. The van der Waals surface area contributed by atoms with Gasteiger partial charge in [-0.1, -0.05) is 0 Å². The summed E-state index contributed by atoms with van der Waals surface area (Å²) in [7, 11) is 5.37. The number of nitrogens with one attached hydrogen (secondary N) is 1. The standard InChI is InChI=1S/C18H25N5O2S/c1-13-5-6-14(26-13)16(24)23-11-8-18(9-12-23,17(25)21(2)3)20-15-7-10-19-22(15)4/h5-7,10,20H,8-9,11-12H2,1-4H3. The van der Waals surface area contributed by atoms with Crippen molar-refractivity contribution < 1.29 is 9.59 Å². The predicted octanol–water partition coefficient (Wildman–Crippen LogP) is 1.97. The molecule has 2 amide bonds. The second-order valence-corrected chi connectivity index (χ2v) is 8.24. The number of rotatable bonds is 4. The number of thiophene rings is 1. The van der Waals surface area contributed by atoms with Crippen molar-refractivity contribution in [3.05, 3.63) is 34.2 Å². The molecule has 0 radical (unpaired) electrons. The second-order valence-electron chi connectivity index (χ2n) is 6.95. The third-order valence-corrected chi connectivity index (χ3v) is 5.85. The molecule has 2 aromatic rings. The van der Waals surface area contributed by atoms with E-state index in [0.29, 0.717) is 25.9 Å². The molecule has 1 aliphatic heterocycles. The zero-order valence-electron chi connectivity index (χ0n) is 15.7. The van der Waals surface area contributed by atoms with Crippen molar-refractivity contribution in [2.45, 2.75) is 25.3 Å². The number of anilines is 1. The van der Waals surface area contributed by atoms with Crippen molar-refractivity contribution in [1.29, 1.82) is 0 Å². The molecule has 0 aliphatic carbocycles. The zero-order chi connectivity index (χ0) is 18.9. The lowest BCUT2D eigenvalue weighted by Gasteiger charge is -2.42. The van der Waals surface area contributed by atoms with E-state index in [9.17, 15) is 9.59 Å². The highest BCUT2D eigenvalue weighted by Crippen LogP contribution is 2.30. The molecular formula is C18H25N5O2S. The highest BCUT2D eigenvalue weighted by Gasteiger charge is 2.43. The molecule has 26 heavy (non-hydrogen) atoms. The maximum Gasteiger partial charge on any atom is 0.263 e. The molecule has 3 rings (SSSR count). The molecule has 8 heteroatoms. The monoisotopic (exact) mass is 375 g/mol. The van der Waals surface area contributed by atoms with Crippen molar-refractivity contribution in [3.8, 4) is 0 Å². The topological polar surface area (TPSA) is 70.5 Å². The van der Waals surface area contributed by atoms with E-state index in [-0.39, 0.29) is 11.8 Å². The van der Waals surface area contributed by atoms with Crippen LogP contribution in [-0.2, 0) is 11.8 Å². The van der Waals surface area contributed by atoms with Crippen LogP contribution in [0.3, 0.4) is 0 Å². The molecule has 0 unspecified atom stereocenters. The predicted molar refractivity (Wildman–Crippen MR) is 102 cm³/mol. The maximum absolute atomic E-state index is 12.9. The largest absolute Gasteiger partial charge is 0.356 e. The number of aromatic nitrogens is 2. The Bertz CT molecular complexity index is 802. The number of carbonyl (C=O) groups is 2. The van der Waals surface area contributed by atoms with Crippen LogP contribution in [0, 0.1) is 6.92 Å². The van der Waals surface area contributed by atoms with Gasteiger partial charge in [0.15, 0.2) is 0 Å². The molecule has 1 fully saturated rings. The Morgan fingerprint density at radius 2 is 1.92 bits per heavy atom. The molecule has 3 heterocycles. The van der Waals surface area contributed by atoms with E-state index in [0.717, 1.165) is 15.6 Å². The van der Waals surface area contributed by atoms with Crippen LogP contribution in [0.25, 0.3) is 0 Å². The summed E-state index contributed by atoms with van der Waals surface area (Å²) in [6, 6.07) is 5.70. The Kier molecular flexibility index (Phi) is 5.04. The van der Waals surface area contributed by atoms with Crippen LogP contribution in [0.2, 0.25) is 0 Å². The molecule has 1 aliphatic rings. The van der Waals surface area contributed by atoms with Crippen LogP contribution in [0.4, 0.5) is 5.82 Å². The summed E-state index contributed by atoms with van der Waals surface area (Å²) in [5.74, 6) is 0.876. The fraction of sp³-hybridized carbons (Fsp3) is 0.500. The molecule has 0 saturated carbocycles. The maximum atomic E-state index is 12.9. The summed E-state index contributed by atoms with van der Waals surface area (Å²) < 4.78 is 1.72. The van der Waals surface area contributed by atoms with Crippen molar-refractivity contribution in [2.24, 2.45) is 7.05 Å². The minimum absolute atomic E-state index is 0.0257. The number of likely N-dealkylation sites (N-methyl/N-ethyl adjacent to an activating group) is 1. The van der Waals surface area contributed by atoms with Gasteiger partial charge in [-0.25, -0.2) is 0 Å². The van der Waals surface area contributed by atoms with Gasteiger partial charge in [0, 0.05) is 45.2 Å². The quantitative estimate of drug-likeness (QED) is 0.887. The van der Waals surface area contributed by atoms with E-state index in [2.05, 4.69) is 10.4 Å². The first-order chi connectivity index (χ1) is 12.3. The number of nitrogens with zero attached hydrogens (tertiary/aromatic N) is 4. The van der Waals surface area contributed by atoms with Crippen LogP contribution in [0.15, 0.2) is 24.4 Å². The third kappa shape index (κ3) is 3.46. The lowest BCUT2D eigenvalue weighted by atomic mass is 9.85. The van der Waals surface area contributed by atoms with Crippen LogP contribution in [-0.4, -0.2) is 64.1 Å². The summed E-state index contributed by atoms with van der Waals surface area (Å²) in [4.78, 5) is 31.0. The number of carbonyl (C=O) groups excluding carboxylic acids is 2. The molecule has 0 atom stereocenters. The number of amides is 2. The van der Waals surface area contributed by atoms with E-state index in [1.165, 1.54) is 11.3 Å². The number of hydrogen-bond donors (Lipinski definition) is 1. The van der Waals surface area contributed by atoms with Gasteiger partial charge in [-0.2, -0.15) is 5.10 Å². The van der Waals surface area contributed by atoms with Crippen molar-refractivity contribution >= 4 is 29.0 Å². The first-order valence-corrected chi connectivity index (χ1v) is 9.48. The normalized spacial score (nSPS) is 16.4. The van der Waals surface area contributed by atoms with Gasteiger partial charge in [0.25, 0.3) is 5.91 Å². The molecule has 140 valence electrons. The van der Waals surface area contributed by atoms with Crippen LogP contribution >= 0.6 is 11.3 Å². The number of likely N-dealkylation sites (tertiary alicyclic amines) is 1. The van der Waals surface area contributed by atoms with Crippen LogP contribution in [0.1, 0.15) is 27.4 Å². The average Bonchev–Trinajstić information content (AvgIpc) is 3.23. The van der Waals surface area contributed by atoms with Gasteiger partial charge in [-0.15, -0.1) is 11.3 Å². The fourth-order valence-corrected chi connectivity index (χ4v) is 4.19. The van der Waals surface area contributed by atoms with Gasteiger partial charge >= 0.3 is 0 Å². The lowest BCUT2D eigenvalue weighted by Crippen LogP contribution is -2.58. The molecule has 0 spiro atoms. The van der Waals surface area contributed by atoms with E-state index >= 15 is 0 Å². The van der Waals surface area contributed by atoms with Gasteiger partial charge in [-0.05, 0) is 31.9 Å². The molecule has 0 aromatic carbocycles. The Labute approximate surface area is 157 Å². The van der Waals surface area contributed by atoms with Crippen molar-refractivity contribution in [1.82, 2.24) is 19.6 Å². The molecule has 1 N–H and O–H groups in total. The Balaban J connectivity index is 1.77. The van der Waals surface area contributed by atoms with Crippen LogP contribution < -0.4 is 5.32 Å². The van der Waals surface area contributed by atoms with Gasteiger partial charge in [-0.3, -0.25) is 14.3 Å². The molecule has 7 nitrogen and oxygen atoms in total. The zero-order valence-corrected chi connectivity index (χ0v) is 16.5. The summed E-state index contributed by atoms with van der Waals surface area (Å²) >= 11 is 1.51. The van der Waals surface area contributed by atoms with Gasteiger partial charge < -0.3 is 15.1 Å². The van der Waals surface area contributed by atoms with Gasteiger partial charge in [0.05, 0.1) is 11.1 Å². The minimum Gasteiger partial charge on any atom is -0.356 e. The number of hydrogen-bond acceptors (Lipinski definition) is 5. The summed E-state index contributed by atoms with van der Waals surface area (Å²) in [5, 5.41) is 7.57. The Morgan fingerprint density at radius 1 is 1.23 bits per heavy atom. The Hall–Kier alpha value is -2.35. The average molecular weight is 375 g/mol. The molecule has 1 saturated heterocycles. The van der Waals surface area contributed by atoms with Crippen LogP contribution in [0.5, 0.6) is 0 Å². The summed E-state index contributed by atoms with van der Waals surface area (Å²) in [6.45, 7) is 3.08. The number of piperidine rings is 1. The molecule has 2 aromatic heterocycles. The first kappa shape index (κ1) is 18.4. The summed E-state index contributed by atoms with van der Waals surface area (Å²) in [5.41, 5.74) is -0.723. The van der Waals surface area contributed by atoms with Gasteiger partial charge in [0.2, 0.25) is 5.91 Å². The van der Waals surface area contributed by atoms with E-state index in [1.807, 2.05) is 37.1 Å². The first-order valence-electron chi connectivity index (χ1n) is 8.66. The van der Waals surface area contributed by atoms with E-state index in [1.54, 1.807) is 29.9 Å². The number of aryl methyl sites for hydroxylation is 2. The highest BCUT2D eigenvalue weighted by molar-refractivity contribution is 7.13.